The quantitative estimate of drug-likeness (QED) is 0.461. The maximum absolute atomic E-state index is 9.11. The van der Waals surface area contributed by atoms with E-state index in [0.717, 1.165) is 66.8 Å². The van der Waals surface area contributed by atoms with Crippen molar-refractivity contribution in [3.05, 3.63) is 65.2 Å². The average Bonchev–Trinajstić information content (AvgIpc) is 3.00. The standard InChI is InChI=1S/C23H25N5S/c1-27-22(20-6-3-2-4-7-20)25-26-23(27)29-15-5-12-28-13-10-19-9-8-18(17-24)16-21(19)11-14-28/h2-4,6-9,16H,5,10-15H2,1H3. The van der Waals surface area contributed by atoms with E-state index in [1.54, 1.807) is 11.8 Å². The van der Waals surface area contributed by atoms with E-state index < -0.39 is 0 Å². The number of rotatable bonds is 6. The highest BCUT2D eigenvalue weighted by atomic mass is 32.2. The molecule has 29 heavy (non-hydrogen) atoms. The molecule has 5 nitrogen and oxygen atoms in total. The van der Waals surface area contributed by atoms with Gasteiger partial charge in [-0.1, -0.05) is 48.2 Å². The Balaban J connectivity index is 1.26. The lowest BCUT2D eigenvalue weighted by Gasteiger charge is -2.19. The van der Waals surface area contributed by atoms with Gasteiger partial charge in [0.15, 0.2) is 11.0 Å². The van der Waals surface area contributed by atoms with E-state index >= 15 is 0 Å². The number of aromatic nitrogens is 3. The number of nitriles is 1. The molecule has 0 spiro atoms. The first-order chi connectivity index (χ1) is 14.2. The zero-order chi connectivity index (χ0) is 20.1. The first kappa shape index (κ1) is 19.7. The third-order valence-corrected chi connectivity index (χ3v) is 6.55. The van der Waals surface area contributed by atoms with Crippen LogP contribution in [0.3, 0.4) is 0 Å². The molecule has 0 saturated carbocycles. The Bertz CT molecular complexity index is 1010. The molecule has 0 aliphatic carbocycles. The first-order valence-electron chi connectivity index (χ1n) is 10.1. The topological polar surface area (TPSA) is 57.7 Å². The number of fused-ring (bicyclic) bond motifs is 1. The molecule has 2 heterocycles. The maximum atomic E-state index is 9.11. The average molecular weight is 404 g/mol. The van der Waals surface area contributed by atoms with Gasteiger partial charge >= 0.3 is 0 Å². The van der Waals surface area contributed by atoms with Gasteiger partial charge in [0.25, 0.3) is 0 Å². The number of hydrogen-bond acceptors (Lipinski definition) is 5. The summed E-state index contributed by atoms with van der Waals surface area (Å²) < 4.78 is 2.08. The second kappa shape index (κ2) is 9.25. The maximum Gasteiger partial charge on any atom is 0.191 e. The monoisotopic (exact) mass is 403 g/mol. The van der Waals surface area contributed by atoms with E-state index in [1.807, 2.05) is 31.3 Å². The summed E-state index contributed by atoms with van der Waals surface area (Å²) in [5.41, 5.74) is 4.60. The molecule has 0 atom stereocenters. The van der Waals surface area contributed by atoms with Crippen LogP contribution in [-0.4, -0.2) is 45.1 Å². The highest BCUT2D eigenvalue weighted by Crippen LogP contribution is 2.23. The largest absolute Gasteiger partial charge is 0.305 e. The van der Waals surface area contributed by atoms with Crippen molar-refractivity contribution in [3.63, 3.8) is 0 Å². The zero-order valence-corrected chi connectivity index (χ0v) is 17.5. The number of thioether (sulfide) groups is 1. The van der Waals surface area contributed by atoms with E-state index in [0.29, 0.717) is 0 Å². The minimum absolute atomic E-state index is 0.771. The van der Waals surface area contributed by atoms with Crippen molar-refractivity contribution in [2.24, 2.45) is 7.05 Å². The molecule has 0 radical (unpaired) electrons. The third kappa shape index (κ3) is 4.69. The molecule has 3 aromatic rings. The Morgan fingerprint density at radius 1 is 1.03 bits per heavy atom. The predicted octanol–water partition coefficient (Wildman–Crippen LogP) is 3.94. The van der Waals surface area contributed by atoms with Gasteiger partial charge in [0.1, 0.15) is 0 Å². The van der Waals surface area contributed by atoms with Gasteiger partial charge in [-0.25, -0.2) is 0 Å². The van der Waals surface area contributed by atoms with Crippen molar-refractivity contribution >= 4 is 11.8 Å². The highest BCUT2D eigenvalue weighted by molar-refractivity contribution is 7.99. The SMILES string of the molecule is Cn1c(SCCCN2CCc3ccc(C#N)cc3CC2)nnc1-c1ccccc1. The van der Waals surface area contributed by atoms with E-state index in [1.165, 1.54) is 11.1 Å². The van der Waals surface area contributed by atoms with Crippen LogP contribution in [-0.2, 0) is 19.9 Å². The van der Waals surface area contributed by atoms with Crippen molar-refractivity contribution in [1.29, 1.82) is 5.26 Å². The van der Waals surface area contributed by atoms with Gasteiger partial charge in [-0.3, -0.25) is 0 Å². The summed E-state index contributed by atoms with van der Waals surface area (Å²) in [6.07, 6.45) is 3.22. The van der Waals surface area contributed by atoms with Crippen LogP contribution in [0.1, 0.15) is 23.1 Å². The van der Waals surface area contributed by atoms with Crippen LogP contribution < -0.4 is 0 Å². The Labute approximate surface area is 176 Å². The molecule has 6 heteroatoms. The molecule has 4 rings (SSSR count). The van der Waals surface area contributed by atoms with Gasteiger partial charge in [0.2, 0.25) is 0 Å². The fourth-order valence-corrected chi connectivity index (χ4v) is 4.63. The Morgan fingerprint density at radius 2 is 1.83 bits per heavy atom. The molecule has 0 amide bonds. The van der Waals surface area contributed by atoms with Crippen molar-refractivity contribution in [2.45, 2.75) is 24.4 Å². The minimum atomic E-state index is 0.771. The molecule has 1 aromatic heterocycles. The number of hydrogen-bond donors (Lipinski definition) is 0. The fraction of sp³-hybridized carbons (Fsp3) is 0.348. The summed E-state index contributed by atoms with van der Waals surface area (Å²) in [5.74, 6) is 1.94. The lowest BCUT2D eigenvalue weighted by atomic mass is 10.0. The van der Waals surface area contributed by atoms with Crippen LogP contribution in [0.2, 0.25) is 0 Å². The summed E-state index contributed by atoms with van der Waals surface area (Å²) in [5, 5.41) is 18.8. The van der Waals surface area contributed by atoms with Crippen LogP contribution in [0.5, 0.6) is 0 Å². The second-order valence-corrected chi connectivity index (χ2v) is 8.43. The summed E-state index contributed by atoms with van der Waals surface area (Å²) in [6, 6.07) is 18.6. The highest BCUT2D eigenvalue weighted by Gasteiger charge is 2.15. The molecule has 148 valence electrons. The van der Waals surface area contributed by atoms with Crippen molar-refractivity contribution < 1.29 is 0 Å². The Kier molecular flexibility index (Phi) is 6.28. The van der Waals surface area contributed by atoms with Gasteiger partial charge in [0, 0.05) is 31.5 Å². The minimum Gasteiger partial charge on any atom is -0.305 e. The molecule has 0 unspecified atom stereocenters. The van der Waals surface area contributed by atoms with Crippen LogP contribution in [0.25, 0.3) is 11.4 Å². The summed E-state index contributed by atoms with van der Waals surface area (Å²) in [6.45, 7) is 3.25. The van der Waals surface area contributed by atoms with Crippen LogP contribution in [0, 0.1) is 11.3 Å². The Hall–Kier alpha value is -2.62. The second-order valence-electron chi connectivity index (χ2n) is 7.37. The zero-order valence-electron chi connectivity index (χ0n) is 16.7. The normalized spacial score (nSPS) is 14.2. The third-order valence-electron chi connectivity index (χ3n) is 5.45. The van der Waals surface area contributed by atoms with Crippen molar-refractivity contribution in [2.75, 3.05) is 25.4 Å². The molecule has 0 N–H and O–H groups in total. The molecular formula is C23H25N5S. The lowest BCUT2D eigenvalue weighted by Crippen LogP contribution is -2.27. The van der Waals surface area contributed by atoms with Crippen LogP contribution in [0.15, 0.2) is 53.7 Å². The van der Waals surface area contributed by atoms with Gasteiger partial charge in [-0.15, -0.1) is 10.2 Å². The summed E-state index contributed by atoms with van der Waals surface area (Å²) in [4.78, 5) is 2.54. The molecule has 2 aromatic carbocycles. The molecule has 0 saturated heterocycles. The van der Waals surface area contributed by atoms with E-state index in [4.69, 9.17) is 5.26 Å². The summed E-state index contributed by atoms with van der Waals surface area (Å²) in [7, 11) is 2.03. The van der Waals surface area contributed by atoms with Crippen molar-refractivity contribution in [3.8, 4) is 17.5 Å². The van der Waals surface area contributed by atoms with E-state index in [2.05, 4.69) is 50.0 Å². The number of nitrogens with zero attached hydrogens (tertiary/aromatic N) is 5. The number of benzene rings is 2. The smallest absolute Gasteiger partial charge is 0.191 e. The molecule has 0 bridgehead atoms. The van der Waals surface area contributed by atoms with Gasteiger partial charge in [-0.05, 0) is 49.1 Å². The van der Waals surface area contributed by atoms with Gasteiger partial charge < -0.3 is 9.47 Å². The molecule has 1 aliphatic rings. The Morgan fingerprint density at radius 3 is 2.62 bits per heavy atom. The van der Waals surface area contributed by atoms with Crippen LogP contribution >= 0.6 is 11.8 Å². The first-order valence-corrected chi connectivity index (χ1v) is 11.0. The van der Waals surface area contributed by atoms with Crippen LogP contribution in [0.4, 0.5) is 0 Å². The van der Waals surface area contributed by atoms with E-state index in [-0.39, 0.29) is 0 Å². The molecule has 1 aliphatic heterocycles. The predicted molar refractivity (Wildman–Crippen MR) is 117 cm³/mol. The van der Waals surface area contributed by atoms with Gasteiger partial charge in [0.05, 0.1) is 11.6 Å². The van der Waals surface area contributed by atoms with Crippen molar-refractivity contribution in [1.82, 2.24) is 19.7 Å². The fourth-order valence-electron chi connectivity index (χ4n) is 3.80. The van der Waals surface area contributed by atoms with Gasteiger partial charge in [-0.2, -0.15) is 5.26 Å². The molecule has 0 fully saturated rings. The molecular weight excluding hydrogens is 378 g/mol. The lowest BCUT2D eigenvalue weighted by molar-refractivity contribution is 0.289. The van der Waals surface area contributed by atoms with E-state index in [9.17, 15) is 0 Å². The summed E-state index contributed by atoms with van der Waals surface area (Å²) >= 11 is 1.78.